The maximum atomic E-state index is 13.7. The summed E-state index contributed by atoms with van der Waals surface area (Å²) in [4.78, 5) is 18.9. The van der Waals surface area contributed by atoms with Gasteiger partial charge in [-0.3, -0.25) is 14.7 Å². The summed E-state index contributed by atoms with van der Waals surface area (Å²) in [6.07, 6.45) is 9.22. The number of carbonyl (C=O) groups is 1. The number of likely N-dealkylation sites (tertiary alicyclic amines) is 1. The number of aromatic nitrogens is 2. The lowest BCUT2D eigenvalue weighted by atomic mass is 9.93. The zero-order valence-electron chi connectivity index (χ0n) is 17.0. The van der Waals surface area contributed by atoms with E-state index >= 15 is 0 Å². The molecule has 0 unspecified atom stereocenters. The van der Waals surface area contributed by atoms with Crippen molar-refractivity contribution in [3.8, 4) is 5.69 Å². The summed E-state index contributed by atoms with van der Waals surface area (Å²) in [5, 5.41) is 2.69. The van der Waals surface area contributed by atoms with Crippen LogP contribution in [0, 0.1) is 11.7 Å². The average molecular weight is 407 g/mol. The van der Waals surface area contributed by atoms with Gasteiger partial charge in [-0.1, -0.05) is 12.1 Å². The Bertz CT molecular complexity index is 972. The summed E-state index contributed by atoms with van der Waals surface area (Å²) in [6, 6.07) is 14.5. The van der Waals surface area contributed by atoms with Crippen LogP contribution in [0.15, 0.2) is 67.1 Å². The predicted octanol–water partition coefficient (Wildman–Crippen LogP) is 4.64. The van der Waals surface area contributed by atoms with E-state index in [1.54, 1.807) is 24.4 Å². The average Bonchev–Trinajstić information content (AvgIpc) is 3.23. The number of nitrogens with zero attached hydrogens (tertiary/aromatic N) is 3. The van der Waals surface area contributed by atoms with Crippen molar-refractivity contribution < 1.29 is 9.18 Å². The van der Waals surface area contributed by atoms with E-state index < -0.39 is 5.82 Å². The standard InChI is InChI=1S/C24H27FN4O/c25-22-9-1-2-10-23(22)27-24(30)12-11-19-6-4-14-28(17-19)18-21-8-5-15-29(21)20-7-3-13-26-16-20/h1-3,5,7-10,13,15-16,19H,4,6,11-12,14,17-18H2,(H,27,30)/t19-/m1/s1. The molecule has 4 rings (SSSR count). The molecule has 3 heterocycles. The number of amides is 1. The maximum Gasteiger partial charge on any atom is 0.224 e. The molecule has 0 aliphatic carbocycles. The topological polar surface area (TPSA) is 50.2 Å². The second-order valence-electron chi connectivity index (χ2n) is 7.89. The molecule has 1 aromatic carbocycles. The number of para-hydroxylation sites is 1. The van der Waals surface area contributed by atoms with Crippen molar-refractivity contribution in [2.75, 3.05) is 18.4 Å². The quantitative estimate of drug-likeness (QED) is 0.622. The van der Waals surface area contributed by atoms with Gasteiger partial charge in [0.2, 0.25) is 5.91 Å². The Hall–Kier alpha value is -2.99. The second-order valence-corrected chi connectivity index (χ2v) is 7.89. The van der Waals surface area contributed by atoms with Crippen LogP contribution < -0.4 is 5.32 Å². The van der Waals surface area contributed by atoms with Crippen molar-refractivity contribution in [1.29, 1.82) is 0 Å². The van der Waals surface area contributed by atoms with Crippen LogP contribution in [0.25, 0.3) is 5.69 Å². The molecule has 1 aliphatic heterocycles. The van der Waals surface area contributed by atoms with Crippen LogP contribution in [0.1, 0.15) is 31.4 Å². The van der Waals surface area contributed by atoms with Crippen molar-refractivity contribution in [3.05, 3.63) is 78.6 Å². The number of hydrogen-bond acceptors (Lipinski definition) is 3. The van der Waals surface area contributed by atoms with E-state index in [9.17, 15) is 9.18 Å². The molecule has 0 spiro atoms. The van der Waals surface area contributed by atoms with Crippen molar-refractivity contribution in [1.82, 2.24) is 14.5 Å². The molecule has 0 saturated carbocycles. The first-order valence-electron chi connectivity index (χ1n) is 10.5. The Kier molecular flexibility index (Phi) is 6.54. The highest BCUT2D eigenvalue weighted by atomic mass is 19.1. The van der Waals surface area contributed by atoms with Crippen molar-refractivity contribution in [3.63, 3.8) is 0 Å². The fourth-order valence-electron chi connectivity index (χ4n) is 4.16. The normalized spacial score (nSPS) is 17.0. The number of benzene rings is 1. The minimum absolute atomic E-state index is 0.123. The van der Waals surface area contributed by atoms with E-state index in [1.165, 1.54) is 11.8 Å². The number of carbonyl (C=O) groups excluding carboxylic acids is 1. The van der Waals surface area contributed by atoms with Gasteiger partial charge in [-0.25, -0.2) is 4.39 Å². The minimum atomic E-state index is -0.397. The van der Waals surface area contributed by atoms with Gasteiger partial charge < -0.3 is 9.88 Å². The number of anilines is 1. The molecular weight excluding hydrogens is 379 g/mol. The second kappa shape index (κ2) is 9.67. The van der Waals surface area contributed by atoms with Gasteiger partial charge in [0.25, 0.3) is 0 Å². The summed E-state index contributed by atoms with van der Waals surface area (Å²) in [5.41, 5.74) is 2.56. The molecule has 1 saturated heterocycles. The first-order valence-corrected chi connectivity index (χ1v) is 10.5. The highest BCUT2D eigenvalue weighted by molar-refractivity contribution is 5.90. The molecule has 2 aromatic heterocycles. The SMILES string of the molecule is O=C(CC[C@H]1CCCN(Cc2cccn2-c2cccnc2)C1)Nc1ccccc1F. The minimum Gasteiger partial charge on any atom is -0.324 e. The van der Waals surface area contributed by atoms with Gasteiger partial charge >= 0.3 is 0 Å². The van der Waals surface area contributed by atoms with E-state index in [1.807, 2.05) is 12.3 Å². The largest absolute Gasteiger partial charge is 0.324 e. The van der Waals surface area contributed by atoms with Crippen LogP contribution in [0.4, 0.5) is 10.1 Å². The number of hydrogen-bond donors (Lipinski definition) is 1. The highest BCUT2D eigenvalue weighted by Gasteiger charge is 2.22. The number of halogens is 1. The maximum absolute atomic E-state index is 13.7. The molecule has 156 valence electrons. The highest BCUT2D eigenvalue weighted by Crippen LogP contribution is 2.24. The first-order chi connectivity index (χ1) is 14.7. The lowest BCUT2D eigenvalue weighted by molar-refractivity contribution is -0.116. The number of nitrogens with one attached hydrogen (secondary N) is 1. The zero-order valence-corrected chi connectivity index (χ0v) is 17.0. The molecule has 5 nitrogen and oxygen atoms in total. The van der Waals surface area contributed by atoms with Crippen LogP contribution in [0.3, 0.4) is 0 Å². The summed E-state index contributed by atoms with van der Waals surface area (Å²) in [6.45, 7) is 2.92. The molecular formula is C24H27FN4O. The molecule has 1 atom stereocenters. The fourth-order valence-corrected chi connectivity index (χ4v) is 4.16. The van der Waals surface area contributed by atoms with Gasteiger partial charge in [-0.2, -0.15) is 0 Å². The Labute approximate surface area is 176 Å². The number of rotatable bonds is 7. The molecule has 1 amide bonds. The molecule has 1 aliphatic rings. The molecule has 6 heteroatoms. The van der Waals surface area contributed by atoms with Crippen LogP contribution >= 0.6 is 0 Å². The van der Waals surface area contributed by atoms with Crippen molar-refractivity contribution >= 4 is 11.6 Å². The predicted molar refractivity (Wildman–Crippen MR) is 116 cm³/mol. The van der Waals surface area contributed by atoms with Gasteiger partial charge in [-0.15, -0.1) is 0 Å². The summed E-state index contributed by atoms with van der Waals surface area (Å²) >= 11 is 0. The Balaban J connectivity index is 1.30. The lowest BCUT2D eigenvalue weighted by Crippen LogP contribution is -2.35. The molecule has 1 N–H and O–H groups in total. The van der Waals surface area contributed by atoms with Crippen LogP contribution in [0.5, 0.6) is 0 Å². The number of pyridine rings is 1. The fraction of sp³-hybridized carbons (Fsp3) is 0.333. The third-order valence-electron chi connectivity index (χ3n) is 5.67. The van der Waals surface area contributed by atoms with Gasteiger partial charge in [0.05, 0.1) is 17.6 Å². The molecule has 30 heavy (non-hydrogen) atoms. The Morgan fingerprint density at radius 1 is 1.17 bits per heavy atom. The molecule has 0 radical (unpaired) electrons. The Morgan fingerprint density at radius 3 is 2.90 bits per heavy atom. The zero-order chi connectivity index (χ0) is 20.8. The van der Waals surface area contributed by atoms with Crippen LogP contribution in [-0.2, 0) is 11.3 Å². The molecule has 1 fully saturated rings. The van der Waals surface area contributed by atoms with E-state index in [0.29, 0.717) is 12.3 Å². The van der Waals surface area contributed by atoms with Crippen molar-refractivity contribution in [2.24, 2.45) is 5.92 Å². The van der Waals surface area contributed by atoms with E-state index in [0.717, 1.165) is 44.6 Å². The summed E-state index contributed by atoms with van der Waals surface area (Å²) < 4.78 is 15.9. The molecule has 3 aromatic rings. The Morgan fingerprint density at radius 2 is 2.07 bits per heavy atom. The monoisotopic (exact) mass is 406 g/mol. The van der Waals surface area contributed by atoms with Gasteiger partial charge in [-0.05, 0) is 68.1 Å². The van der Waals surface area contributed by atoms with Gasteiger partial charge in [0, 0.05) is 37.6 Å². The summed E-state index contributed by atoms with van der Waals surface area (Å²) in [5.74, 6) is -0.0408. The van der Waals surface area contributed by atoms with E-state index in [2.05, 4.69) is 44.2 Å². The smallest absolute Gasteiger partial charge is 0.224 e. The molecule has 0 bridgehead atoms. The van der Waals surface area contributed by atoms with Gasteiger partial charge in [0.1, 0.15) is 5.82 Å². The summed E-state index contributed by atoms with van der Waals surface area (Å²) in [7, 11) is 0. The van der Waals surface area contributed by atoms with Crippen molar-refractivity contribution in [2.45, 2.75) is 32.2 Å². The van der Waals surface area contributed by atoms with Gasteiger partial charge in [0.15, 0.2) is 0 Å². The van der Waals surface area contributed by atoms with Crippen LogP contribution in [0.2, 0.25) is 0 Å². The number of piperidine rings is 1. The van der Waals surface area contributed by atoms with E-state index in [4.69, 9.17) is 0 Å². The van der Waals surface area contributed by atoms with E-state index in [-0.39, 0.29) is 11.6 Å². The first kappa shape index (κ1) is 20.3. The van der Waals surface area contributed by atoms with Crippen LogP contribution in [-0.4, -0.2) is 33.4 Å². The third kappa shape index (κ3) is 5.13. The lowest BCUT2D eigenvalue weighted by Gasteiger charge is -2.33. The third-order valence-corrected chi connectivity index (χ3v) is 5.67.